The van der Waals surface area contributed by atoms with E-state index in [1.54, 1.807) is 18.6 Å². The van der Waals surface area contributed by atoms with Gasteiger partial charge in [0, 0.05) is 30.4 Å². The van der Waals surface area contributed by atoms with Gasteiger partial charge in [0.05, 0.1) is 12.2 Å². The molecule has 4 heterocycles. The largest absolute Gasteiger partial charge is 0.491 e. The van der Waals surface area contributed by atoms with Gasteiger partial charge in [0.2, 0.25) is 0 Å². The standard InChI is InChI=1S/C23H20N4O2/c1-15-6-8-16(9-7-15)23(10-13-29-19-5-3-11-24-20(19)23)27-22(28)18-14-26-21-17(18)4-2-12-25-21/h2-9,11-12,14H,10,13H2,1H3,(H,25,26)(H,27,28)/t23-/m0/s1. The van der Waals surface area contributed by atoms with Gasteiger partial charge in [-0.05, 0) is 36.8 Å². The molecule has 0 saturated carbocycles. The van der Waals surface area contributed by atoms with E-state index in [0.29, 0.717) is 30.0 Å². The fourth-order valence-electron chi connectivity index (χ4n) is 3.98. The third-order valence-corrected chi connectivity index (χ3v) is 5.48. The molecule has 0 unspecified atom stereocenters. The number of aryl methyl sites for hydroxylation is 1. The quantitative estimate of drug-likeness (QED) is 0.564. The summed E-state index contributed by atoms with van der Waals surface area (Å²) in [6.45, 7) is 2.53. The van der Waals surface area contributed by atoms with Gasteiger partial charge in [-0.15, -0.1) is 0 Å². The number of hydrogen-bond acceptors (Lipinski definition) is 4. The van der Waals surface area contributed by atoms with E-state index in [2.05, 4.69) is 44.5 Å². The third kappa shape index (κ3) is 2.84. The summed E-state index contributed by atoms with van der Waals surface area (Å²) in [6.07, 6.45) is 5.73. The Balaban J connectivity index is 1.64. The van der Waals surface area contributed by atoms with E-state index in [9.17, 15) is 4.79 Å². The number of rotatable bonds is 3. The van der Waals surface area contributed by atoms with Gasteiger partial charge >= 0.3 is 0 Å². The number of pyridine rings is 2. The van der Waals surface area contributed by atoms with Gasteiger partial charge in [0.1, 0.15) is 22.6 Å². The number of hydrogen-bond donors (Lipinski definition) is 2. The van der Waals surface area contributed by atoms with Crippen molar-refractivity contribution in [1.29, 1.82) is 0 Å². The van der Waals surface area contributed by atoms with Crippen LogP contribution in [0.15, 0.2) is 67.1 Å². The highest BCUT2D eigenvalue weighted by molar-refractivity contribution is 6.06. The number of nitrogens with one attached hydrogen (secondary N) is 2. The molecule has 1 aromatic carbocycles. The molecule has 144 valence electrons. The molecule has 29 heavy (non-hydrogen) atoms. The van der Waals surface area contributed by atoms with Crippen LogP contribution in [0.5, 0.6) is 5.75 Å². The van der Waals surface area contributed by atoms with E-state index in [0.717, 1.165) is 22.2 Å². The highest BCUT2D eigenvalue weighted by Crippen LogP contribution is 2.40. The van der Waals surface area contributed by atoms with Crippen molar-refractivity contribution in [3.63, 3.8) is 0 Å². The normalized spacial score (nSPS) is 18.1. The predicted molar refractivity (Wildman–Crippen MR) is 110 cm³/mol. The van der Waals surface area contributed by atoms with Crippen molar-refractivity contribution in [2.75, 3.05) is 6.61 Å². The Morgan fingerprint density at radius 1 is 1.10 bits per heavy atom. The number of carbonyl (C=O) groups is 1. The van der Waals surface area contributed by atoms with Crippen LogP contribution in [-0.4, -0.2) is 27.5 Å². The number of H-pyrrole nitrogens is 1. The summed E-state index contributed by atoms with van der Waals surface area (Å²) in [6, 6.07) is 15.7. The first-order chi connectivity index (χ1) is 14.2. The number of aromatic amines is 1. The van der Waals surface area contributed by atoms with Crippen LogP contribution in [0, 0.1) is 6.92 Å². The van der Waals surface area contributed by atoms with Crippen LogP contribution in [0.2, 0.25) is 0 Å². The van der Waals surface area contributed by atoms with Crippen molar-refractivity contribution in [2.24, 2.45) is 0 Å². The summed E-state index contributed by atoms with van der Waals surface area (Å²) in [5.74, 6) is 0.517. The number of fused-ring (bicyclic) bond motifs is 2. The molecule has 0 spiro atoms. The molecule has 1 amide bonds. The molecular weight excluding hydrogens is 364 g/mol. The summed E-state index contributed by atoms with van der Waals surface area (Å²) in [5.41, 5.74) is 3.34. The van der Waals surface area contributed by atoms with Crippen molar-refractivity contribution in [3.8, 4) is 5.75 Å². The van der Waals surface area contributed by atoms with Crippen LogP contribution in [0.25, 0.3) is 11.0 Å². The second kappa shape index (κ2) is 6.74. The first-order valence-corrected chi connectivity index (χ1v) is 9.57. The smallest absolute Gasteiger partial charge is 0.254 e. The van der Waals surface area contributed by atoms with Gasteiger partial charge in [-0.25, -0.2) is 4.98 Å². The van der Waals surface area contributed by atoms with Gasteiger partial charge in [0.25, 0.3) is 5.91 Å². The molecule has 1 aliphatic heterocycles. The molecule has 0 radical (unpaired) electrons. The Labute approximate surface area is 168 Å². The Kier molecular flexibility index (Phi) is 4.05. The average Bonchev–Trinajstić information content (AvgIpc) is 3.19. The summed E-state index contributed by atoms with van der Waals surface area (Å²) in [5, 5.41) is 4.08. The lowest BCUT2D eigenvalue weighted by atomic mass is 9.81. The highest BCUT2D eigenvalue weighted by Gasteiger charge is 2.42. The Morgan fingerprint density at radius 3 is 2.76 bits per heavy atom. The Bertz CT molecular complexity index is 1200. The van der Waals surface area contributed by atoms with Gasteiger partial charge < -0.3 is 15.0 Å². The maximum Gasteiger partial charge on any atom is 0.254 e. The fourth-order valence-corrected chi connectivity index (χ4v) is 3.98. The Hall–Kier alpha value is -3.67. The SMILES string of the molecule is Cc1ccc([C@@]2(NC(=O)c3c[nH]c4ncccc34)CCOc3cccnc32)cc1. The topological polar surface area (TPSA) is 79.9 Å². The van der Waals surface area contributed by atoms with Crippen molar-refractivity contribution in [2.45, 2.75) is 18.9 Å². The number of amides is 1. The minimum atomic E-state index is -0.772. The molecule has 3 aromatic heterocycles. The van der Waals surface area contributed by atoms with E-state index in [4.69, 9.17) is 4.74 Å². The number of benzene rings is 1. The lowest BCUT2D eigenvalue weighted by Crippen LogP contribution is -2.50. The van der Waals surface area contributed by atoms with E-state index in [1.807, 2.05) is 31.2 Å². The van der Waals surface area contributed by atoms with Gasteiger partial charge in [0.15, 0.2) is 0 Å². The maximum atomic E-state index is 13.4. The highest BCUT2D eigenvalue weighted by atomic mass is 16.5. The first kappa shape index (κ1) is 17.4. The minimum absolute atomic E-state index is 0.177. The predicted octanol–water partition coefficient (Wildman–Crippen LogP) is 3.72. The van der Waals surface area contributed by atoms with E-state index < -0.39 is 5.54 Å². The molecule has 5 rings (SSSR count). The van der Waals surface area contributed by atoms with Gasteiger partial charge in [-0.1, -0.05) is 29.8 Å². The summed E-state index contributed by atoms with van der Waals surface area (Å²) in [7, 11) is 0. The zero-order valence-electron chi connectivity index (χ0n) is 16.0. The fraction of sp³-hybridized carbons (Fsp3) is 0.174. The van der Waals surface area contributed by atoms with Crippen LogP contribution in [0.1, 0.15) is 33.6 Å². The van der Waals surface area contributed by atoms with Crippen LogP contribution >= 0.6 is 0 Å². The van der Waals surface area contributed by atoms with Crippen molar-refractivity contribution < 1.29 is 9.53 Å². The molecule has 6 nitrogen and oxygen atoms in total. The zero-order chi connectivity index (χ0) is 19.8. The van der Waals surface area contributed by atoms with E-state index >= 15 is 0 Å². The van der Waals surface area contributed by atoms with Gasteiger partial charge in [-0.2, -0.15) is 0 Å². The van der Waals surface area contributed by atoms with Crippen LogP contribution in [0.4, 0.5) is 0 Å². The summed E-state index contributed by atoms with van der Waals surface area (Å²) < 4.78 is 5.84. The third-order valence-electron chi connectivity index (χ3n) is 5.48. The van der Waals surface area contributed by atoms with Crippen LogP contribution in [-0.2, 0) is 5.54 Å². The number of aromatic nitrogens is 3. The molecule has 6 heteroatoms. The molecule has 2 N–H and O–H groups in total. The minimum Gasteiger partial charge on any atom is -0.491 e. The Morgan fingerprint density at radius 2 is 1.90 bits per heavy atom. The molecule has 0 fully saturated rings. The van der Waals surface area contributed by atoms with Crippen molar-refractivity contribution >= 4 is 16.9 Å². The van der Waals surface area contributed by atoms with Crippen molar-refractivity contribution in [1.82, 2.24) is 20.3 Å². The zero-order valence-corrected chi connectivity index (χ0v) is 16.0. The number of carbonyl (C=O) groups excluding carboxylic acids is 1. The summed E-state index contributed by atoms with van der Waals surface area (Å²) in [4.78, 5) is 25.4. The lowest BCUT2D eigenvalue weighted by Gasteiger charge is -2.39. The molecule has 0 aliphatic carbocycles. The molecule has 0 saturated heterocycles. The van der Waals surface area contributed by atoms with E-state index in [-0.39, 0.29) is 5.91 Å². The monoisotopic (exact) mass is 384 g/mol. The molecule has 1 atom stereocenters. The molecule has 0 bridgehead atoms. The number of ether oxygens (including phenoxy) is 1. The van der Waals surface area contributed by atoms with E-state index in [1.165, 1.54) is 0 Å². The maximum absolute atomic E-state index is 13.4. The average molecular weight is 384 g/mol. The number of nitrogens with zero attached hydrogens (tertiary/aromatic N) is 2. The first-order valence-electron chi connectivity index (χ1n) is 9.57. The van der Waals surface area contributed by atoms with Crippen molar-refractivity contribution in [3.05, 3.63) is 89.5 Å². The second-order valence-electron chi connectivity index (χ2n) is 7.28. The van der Waals surface area contributed by atoms with Gasteiger partial charge in [-0.3, -0.25) is 9.78 Å². The molecule has 4 aromatic rings. The second-order valence-corrected chi connectivity index (χ2v) is 7.28. The molecular formula is C23H20N4O2. The molecule has 1 aliphatic rings. The lowest BCUT2D eigenvalue weighted by molar-refractivity contribution is 0.0885. The summed E-state index contributed by atoms with van der Waals surface area (Å²) >= 11 is 0. The van der Waals surface area contributed by atoms with Crippen LogP contribution < -0.4 is 10.1 Å². The van der Waals surface area contributed by atoms with Crippen LogP contribution in [0.3, 0.4) is 0 Å².